The first-order chi connectivity index (χ1) is 7.89. The van der Waals surface area contributed by atoms with E-state index >= 15 is 0 Å². The van der Waals surface area contributed by atoms with Crippen molar-refractivity contribution in [3.05, 3.63) is 33.8 Å². The van der Waals surface area contributed by atoms with Gasteiger partial charge in [0, 0.05) is 10.5 Å². The van der Waals surface area contributed by atoms with Gasteiger partial charge in [-0.1, -0.05) is 28.1 Å². The van der Waals surface area contributed by atoms with E-state index in [-0.39, 0.29) is 10.8 Å². The third-order valence-electron chi connectivity index (χ3n) is 3.02. The molecule has 94 valence electrons. The Morgan fingerprint density at radius 1 is 1.41 bits per heavy atom. The van der Waals surface area contributed by atoms with Gasteiger partial charge in [-0.05, 0) is 50.8 Å². The fraction of sp³-hybridized carbons (Fsp3) is 0.538. The minimum Gasteiger partial charge on any atom is -0.242 e. The van der Waals surface area contributed by atoms with E-state index in [1.54, 1.807) is 0 Å². The number of fused-ring (bicyclic) bond motifs is 1. The van der Waals surface area contributed by atoms with Gasteiger partial charge in [0.15, 0.2) is 0 Å². The number of benzene rings is 1. The average Bonchev–Trinajstić information content (AvgIpc) is 2.62. The molecule has 0 fully saturated rings. The van der Waals surface area contributed by atoms with Gasteiger partial charge in [-0.2, -0.15) is 0 Å². The Hall–Kier alpha value is -0.190. The first-order valence-electron chi connectivity index (χ1n) is 5.85. The third kappa shape index (κ3) is 2.80. The van der Waals surface area contributed by atoms with Crippen LogP contribution in [0.3, 0.4) is 0 Å². The van der Waals surface area contributed by atoms with Gasteiger partial charge in [0.1, 0.15) is 0 Å². The lowest BCUT2D eigenvalue weighted by Crippen LogP contribution is -2.35. The molecule has 17 heavy (non-hydrogen) atoms. The zero-order chi connectivity index (χ0) is 12.6. The largest absolute Gasteiger partial charge is 0.242 e. The van der Waals surface area contributed by atoms with E-state index < -0.39 is 11.0 Å². The Labute approximate surface area is 114 Å². The Morgan fingerprint density at radius 3 is 2.76 bits per heavy atom. The summed E-state index contributed by atoms with van der Waals surface area (Å²) in [5.41, 5.74) is 2.65. The number of hydrogen-bond donors (Lipinski definition) is 1. The van der Waals surface area contributed by atoms with Crippen molar-refractivity contribution in [1.82, 2.24) is 4.72 Å². The van der Waals surface area contributed by atoms with Crippen LogP contribution in [0.2, 0.25) is 0 Å². The zero-order valence-electron chi connectivity index (χ0n) is 10.4. The molecule has 2 nitrogen and oxygen atoms in total. The van der Waals surface area contributed by atoms with Crippen molar-refractivity contribution in [2.75, 3.05) is 0 Å². The molecule has 0 spiro atoms. The number of hydrogen-bond acceptors (Lipinski definition) is 1. The molecule has 2 rings (SSSR count). The van der Waals surface area contributed by atoms with Crippen molar-refractivity contribution in [2.45, 2.75) is 44.4 Å². The molecule has 1 aromatic rings. The van der Waals surface area contributed by atoms with Crippen LogP contribution in [0.15, 0.2) is 22.7 Å². The molecule has 4 heteroatoms. The van der Waals surface area contributed by atoms with Crippen molar-refractivity contribution in [1.29, 1.82) is 0 Å². The number of nitrogens with one attached hydrogen (secondary N) is 1. The maximum absolute atomic E-state index is 12.1. The van der Waals surface area contributed by atoms with Crippen LogP contribution in [-0.4, -0.2) is 8.96 Å². The van der Waals surface area contributed by atoms with E-state index in [4.69, 9.17) is 0 Å². The predicted molar refractivity (Wildman–Crippen MR) is 76.2 cm³/mol. The summed E-state index contributed by atoms with van der Waals surface area (Å²) < 4.78 is 16.3. The highest BCUT2D eigenvalue weighted by Gasteiger charge is 2.28. The minimum absolute atomic E-state index is 0.214. The zero-order valence-corrected chi connectivity index (χ0v) is 12.8. The molecule has 0 radical (unpaired) electrons. The first-order valence-corrected chi connectivity index (χ1v) is 7.79. The highest BCUT2D eigenvalue weighted by atomic mass is 79.9. The molecule has 1 aliphatic carbocycles. The van der Waals surface area contributed by atoms with Gasteiger partial charge >= 0.3 is 0 Å². The lowest BCUT2D eigenvalue weighted by Gasteiger charge is -2.22. The van der Waals surface area contributed by atoms with Gasteiger partial charge in [0.25, 0.3) is 0 Å². The molecule has 1 aromatic carbocycles. The molecule has 1 N–H and O–H groups in total. The summed E-state index contributed by atoms with van der Waals surface area (Å²) >= 11 is 3.58. The van der Waals surface area contributed by atoms with E-state index in [0.29, 0.717) is 0 Å². The molecular weight excluding hydrogens is 298 g/mol. The standard InChI is InChI=1S/C13H18BrNOS/c1-13(2,3)17(16)15-12-8-7-9-10(12)5-4-6-11(9)14/h4-6,12,15H,7-8H2,1-3H3/t12-,17+/m1/s1. The summed E-state index contributed by atoms with van der Waals surface area (Å²) in [5, 5.41) is 0. The molecule has 0 aromatic heterocycles. The smallest absolute Gasteiger partial charge is 0.0975 e. The maximum atomic E-state index is 12.1. The quantitative estimate of drug-likeness (QED) is 0.889. The van der Waals surface area contributed by atoms with Crippen molar-refractivity contribution >= 4 is 26.9 Å². The van der Waals surface area contributed by atoms with Crippen LogP contribution in [0.5, 0.6) is 0 Å². The molecule has 1 aliphatic rings. The van der Waals surface area contributed by atoms with Crippen LogP contribution in [-0.2, 0) is 17.4 Å². The first kappa shape index (κ1) is 13.2. The van der Waals surface area contributed by atoms with Crippen LogP contribution in [0, 0.1) is 0 Å². The molecular formula is C13H18BrNOS. The molecule has 0 saturated heterocycles. The lowest BCUT2D eigenvalue weighted by atomic mass is 10.1. The molecule has 2 atom stereocenters. The highest BCUT2D eigenvalue weighted by Crippen LogP contribution is 2.36. The Bertz CT molecular complexity index is 453. The van der Waals surface area contributed by atoms with E-state index in [9.17, 15) is 4.21 Å². The SMILES string of the molecule is CC(C)(C)[S@](=O)N[C@@H]1CCc2c(Br)cccc21. The Kier molecular flexibility index (Phi) is 3.76. The van der Waals surface area contributed by atoms with Gasteiger partial charge < -0.3 is 0 Å². The maximum Gasteiger partial charge on any atom is 0.0975 e. The fourth-order valence-corrected chi connectivity index (χ4v) is 3.47. The third-order valence-corrected chi connectivity index (χ3v) is 5.37. The van der Waals surface area contributed by atoms with Crippen LogP contribution in [0.4, 0.5) is 0 Å². The molecule has 0 heterocycles. The van der Waals surface area contributed by atoms with Crippen molar-refractivity contribution < 1.29 is 4.21 Å². The fourth-order valence-electron chi connectivity index (χ4n) is 2.04. The second kappa shape index (κ2) is 4.82. The van der Waals surface area contributed by atoms with Gasteiger partial charge in [0.2, 0.25) is 0 Å². The summed E-state index contributed by atoms with van der Waals surface area (Å²) in [6.45, 7) is 5.98. The topological polar surface area (TPSA) is 29.1 Å². The molecule has 0 bridgehead atoms. The predicted octanol–water partition coefficient (Wildman–Crippen LogP) is 3.49. The molecule has 0 aliphatic heterocycles. The van der Waals surface area contributed by atoms with E-state index in [1.165, 1.54) is 15.6 Å². The van der Waals surface area contributed by atoms with E-state index in [0.717, 1.165) is 12.8 Å². The van der Waals surface area contributed by atoms with Crippen LogP contribution in [0.1, 0.15) is 44.4 Å². The van der Waals surface area contributed by atoms with Gasteiger partial charge in [0.05, 0.1) is 15.7 Å². The van der Waals surface area contributed by atoms with Crippen molar-refractivity contribution in [3.8, 4) is 0 Å². The number of halogens is 1. The Balaban J connectivity index is 2.18. The van der Waals surface area contributed by atoms with E-state index in [1.807, 2.05) is 26.8 Å². The second-order valence-electron chi connectivity index (χ2n) is 5.40. The molecule has 0 amide bonds. The van der Waals surface area contributed by atoms with Gasteiger partial charge in [-0.15, -0.1) is 0 Å². The lowest BCUT2D eigenvalue weighted by molar-refractivity contribution is 0.596. The molecule has 0 saturated carbocycles. The normalized spacial score (nSPS) is 21.3. The summed E-state index contributed by atoms with van der Waals surface area (Å²) in [6, 6.07) is 6.47. The Morgan fingerprint density at radius 2 is 2.12 bits per heavy atom. The minimum atomic E-state index is -1.01. The van der Waals surface area contributed by atoms with Crippen LogP contribution in [0.25, 0.3) is 0 Å². The summed E-state index contributed by atoms with van der Waals surface area (Å²) in [6.07, 6.45) is 2.08. The summed E-state index contributed by atoms with van der Waals surface area (Å²) in [5.74, 6) is 0. The second-order valence-corrected chi connectivity index (χ2v) is 8.25. The summed E-state index contributed by atoms with van der Waals surface area (Å²) in [4.78, 5) is 0. The van der Waals surface area contributed by atoms with Gasteiger partial charge in [-0.25, -0.2) is 8.93 Å². The number of rotatable bonds is 2. The van der Waals surface area contributed by atoms with Crippen LogP contribution < -0.4 is 4.72 Å². The monoisotopic (exact) mass is 315 g/mol. The van der Waals surface area contributed by atoms with Crippen molar-refractivity contribution in [3.63, 3.8) is 0 Å². The van der Waals surface area contributed by atoms with Gasteiger partial charge in [-0.3, -0.25) is 0 Å². The van der Waals surface area contributed by atoms with E-state index in [2.05, 4.69) is 32.8 Å². The highest BCUT2D eigenvalue weighted by molar-refractivity contribution is 9.10. The van der Waals surface area contributed by atoms with Crippen LogP contribution >= 0.6 is 15.9 Å². The molecule has 0 unspecified atom stereocenters. The van der Waals surface area contributed by atoms with Crippen molar-refractivity contribution in [2.24, 2.45) is 0 Å². The summed E-state index contributed by atoms with van der Waals surface area (Å²) in [7, 11) is -1.01. The average molecular weight is 316 g/mol.